The van der Waals surface area contributed by atoms with Crippen molar-refractivity contribution in [3.8, 4) is 5.75 Å². The number of carbonyl (C=O) groups excluding carboxylic acids is 1. The minimum Gasteiger partial charge on any atom is -0.496 e. The van der Waals surface area contributed by atoms with E-state index in [4.69, 9.17) is 4.74 Å². The van der Waals surface area contributed by atoms with Gasteiger partial charge >= 0.3 is 0 Å². The standard InChI is InChI=1S/C25H25N3O2/c1-30-24-9-5-4-7-22(24)16-26-27-25(29)21-12-10-19(11-13-21)17-28-15-14-20-6-2-3-8-23(20)18-28/h2-13,16H,14-15,17-18H2,1H3,(H,27,29)/p+1/b26-16-. The molecule has 1 amide bonds. The van der Waals surface area contributed by atoms with Crippen LogP contribution in [0.5, 0.6) is 5.75 Å². The first-order valence-electron chi connectivity index (χ1n) is 10.2. The normalized spacial score (nSPS) is 15.6. The molecule has 1 aliphatic heterocycles. The number of fused-ring (bicyclic) bond motifs is 1. The van der Waals surface area contributed by atoms with E-state index >= 15 is 0 Å². The first-order valence-corrected chi connectivity index (χ1v) is 10.2. The second-order valence-corrected chi connectivity index (χ2v) is 7.51. The van der Waals surface area contributed by atoms with Gasteiger partial charge in [0, 0.05) is 28.7 Å². The Morgan fingerprint density at radius 1 is 1.03 bits per heavy atom. The summed E-state index contributed by atoms with van der Waals surface area (Å²) in [5.74, 6) is 0.481. The lowest BCUT2D eigenvalue weighted by molar-refractivity contribution is -0.929. The highest BCUT2D eigenvalue weighted by Crippen LogP contribution is 2.14. The zero-order valence-electron chi connectivity index (χ0n) is 17.1. The van der Waals surface area contributed by atoms with Crippen molar-refractivity contribution in [2.75, 3.05) is 13.7 Å². The number of benzene rings is 3. The lowest BCUT2D eigenvalue weighted by Crippen LogP contribution is -3.10. The smallest absolute Gasteiger partial charge is 0.271 e. The Morgan fingerprint density at radius 3 is 2.57 bits per heavy atom. The molecule has 4 rings (SSSR count). The van der Waals surface area contributed by atoms with E-state index in [1.165, 1.54) is 16.7 Å². The van der Waals surface area contributed by atoms with Crippen molar-refractivity contribution < 1.29 is 14.4 Å². The highest BCUT2D eigenvalue weighted by molar-refractivity contribution is 5.95. The minimum atomic E-state index is -0.230. The highest BCUT2D eigenvalue weighted by atomic mass is 16.5. The van der Waals surface area contributed by atoms with Gasteiger partial charge in [-0.1, -0.05) is 48.5 Å². The molecular weight excluding hydrogens is 374 g/mol. The molecule has 0 aromatic heterocycles. The van der Waals surface area contributed by atoms with Gasteiger partial charge in [0.2, 0.25) is 0 Å². The van der Waals surface area contributed by atoms with E-state index in [1.54, 1.807) is 18.2 Å². The molecule has 5 nitrogen and oxygen atoms in total. The number of nitrogens with zero attached hydrogens (tertiary/aromatic N) is 1. The van der Waals surface area contributed by atoms with Gasteiger partial charge in [-0.05, 0) is 29.8 Å². The summed E-state index contributed by atoms with van der Waals surface area (Å²) in [4.78, 5) is 13.9. The van der Waals surface area contributed by atoms with Gasteiger partial charge < -0.3 is 9.64 Å². The Hall–Kier alpha value is -3.44. The Balaban J connectivity index is 1.33. The molecule has 0 fully saturated rings. The average molecular weight is 401 g/mol. The molecule has 0 saturated carbocycles. The second-order valence-electron chi connectivity index (χ2n) is 7.51. The van der Waals surface area contributed by atoms with Crippen molar-refractivity contribution in [2.24, 2.45) is 5.10 Å². The summed E-state index contributed by atoms with van der Waals surface area (Å²) < 4.78 is 5.28. The predicted molar refractivity (Wildman–Crippen MR) is 118 cm³/mol. The summed E-state index contributed by atoms with van der Waals surface area (Å²) >= 11 is 0. The largest absolute Gasteiger partial charge is 0.496 e. The van der Waals surface area contributed by atoms with Crippen LogP contribution in [0.25, 0.3) is 0 Å². The lowest BCUT2D eigenvalue weighted by Gasteiger charge is -2.26. The number of carbonyl (C=O) groups is 1. The fourth-order valence-electron chi connectivity index (χ4n) is 3.85. The number of ether oxygens (including phenoxy) is 1. The summed E-state index contributed by atoms with van der Waals surface area (Å²) in [7, 11) is 1.61. The molecule has 0 saturated heterocycles. The van der Waals surface area contributed by atoms with E-state index in [9.17, 15) is 4.79 Å². The molecular formula is C25H26N3O2+. The van der Waals surface area contributed by atoms with Gasteiger partial charge in [0.05, 0.1) is 19.9 Å². The van der Waals surface area contributed by atoms with Crippen molar-refractivity contribution in [3.63, 3.8) is 0 Å². The third-order valence-corrected chi connectivity index (χ3v) is 5.49. The molecule has 0 bridgehead atoms. The SMILES string of the molecule is COc1ccccc1/C=N\NC(=O)c1ccc(C[NH+]2CCc3ccccc3C2)cc1. The Bertz CT molecular complexity index is 1040. The van der Waals surface area contributed by atoms with Crippen molar-refractivity contribution in [3.05, 3.63) is 101 Å². The molecule has 0 spiro atoms. The Morgan fingerprint density at radius 2 is 1.77 bits per heavy atom. The molecule has 30 heavy (non-hydrogen) atoms. The van der Waals surface area contributed by atoms with Gasteiger partial charge in [-0.15, -0.1) is 0 Å². The maximum absolute atomic E-state index is 12.4. The van der Waals surface area contributed by atoms with Crippen LogP contribution in [-0.4, -0.2) is 25.8 Å². The molecule has 1 unspecified atom stereocenters. The van der Waals surface area contributed by atoms with E-state index in [0.717, 1.165) is 31.6 Å². The number of hydrogen-bond acceptors (Lipinski definition) is 3. The quantitative estimate of drug-likeness (QED) is 0.494. The fraction of sp³-hybridized carbons (Fsp3) is 0.200. The molecule has 152 valence electrons. The second kappa shape index (κ2) is 9.37. The number of rotatable bonds is 6. The monoisotopic (exact) mass is 400 g/mol. The number of amides is 1. The van der Waals surface area contributed by atoms with Gasteiger partial charge in [0.15, 0.2) is 0 Å². The van der Waals surface area contributed by atoms with Crippen LogP contribution in [0.15, 0.2) is 77.9 Å². The summed E-state index contributed by atoms with van der Waals surface area (Å²) in [5, 5.41) is 4.06. The van der Waals surface area contributed by atoms with Crippen molar-refractivity contribution in [1.29, 1.82) is 0 Å². The van der Waals surface area contributed by atoms with Crippen LogP contribution in [0.3, 0.4) is 0 Å². The zero-order valence-corrected chi connectivity index (χ0v) is 17.1. The fourth-order valence-corrected chi connectivity index (χ4v) is 3.85. The first-order chi connectivity index (χ1) is 14.7. The van der Waals surface area contributed by atoms with Crippen molar-refractivity contribution >= 4 is 12.1 Å². The zero-order chi connectivity index (χ0) is 20.8. The van der Waals surface area contributed by atoms with E-state index in [2.05, 4.69) is 34.8 Å². The van der Waals surface area contributed by atoms with E-state index < -0.39 is 0 Å². The highest BCUT2D eigenvalue weighted by Gasteiger charge is 2.19. The maximum atomic E-state index is 12.4. The molecule has 1 atom stereocenters. The molecule has 5 heteroatoms. The number of hydrogen-bond donors (Lipinski definition) is 2. The van der Waals surface area contributed by atoms with Crippen molar-refractivity contribution in [2.45, 2.75) is 19.5 Å². The third-order valence-electron chi connectivity index (χ3n) is 5.49. The summed E-state index contributed by atoms with van der Waals surface area (Å²) in [6.07, 6.45) is 2.71. The summed E-state index contributed by atoms with van der Waals surface area (Å²) in [6.45, 7) is 3.15. The van der Waals surface area contributed by atoms with E-state index in [1.807, 2.05) is 48.5 Å². The number of methoxy groups -OCH3 is 1. The van der Waals surface area contributed by atoms with Crippen LogP contribution >= 0.6 is 0 Å². The van der Waals surface area contributed by atoms with Gasteiger partial charge in [0.25, 0.3) is 5.91 Å². The van der Waals surface area contributed by atoms with Gasteiger partial charge in [-0.25, -0.2) is 5.43 Å². The molecule has 0 aliphatic carbocycles. The van der Waals surface area contributed by atoms with Crippen LogP contribution in [0.1, 0.15) is 32.6 Å². The molecule has 0 radical (unpaired) electrons. The van der Waals surface area contributed by atoms with Gasteiger partial charge in [-0.3, -0.25) is 4.79 Å². The number of nitrogens with one attached hydrogen (secondary N) is 2. The maximum Gasteiger partial charge on any atom is 0.271 e. The number of hydrazone groups is 1. The van der Waals surface area contributed by atoms with Crippen molar-refractivity contribution in [1.82, 2.24) is 5.43 Å². The van der Waals surface area contributed by atoms with Crippen LogP contribution < -0.4 is 15.1 Å². The average Bonchev–Trinajstić information content (AvgIpc) is 2.80. The molecule has 3 aromatic rings. The summed E-state index contributed by atoms with van der Waals surface area (Å²) in [5.41, 5.74) is 8.14. The van der Waals surface area contributed by atoms with Crippen LogP contribution in [0.4, 0.5) is 0 Å². The van der Waals surface area contributed by atoms with Crippen LogP contribution in [0.2, 0.25) is 0 Å². The van der Waals surface area contributed by atoms with Crippen LogP contribution in [-0.2, 0) is 19.5 Å². The lowest BCUT2D eigenvalue weighted by atomic mass is 9.99. The predicted octanol–water partition coefficient (Wildman–Crippen LogP) is 2.60. The first kappa shape index (κ1) is 19.9. The molecule has 3 aromatic carbocycles. The number of quaternary nitrogens is 1. The van der Waals surface area contributed by atoms with E-state index in [0.29, 0.717) is 11.3 Å². The molecule has 2 N–H and O–H groups in total. The van der Waals surface area contributed by atoms with Crippen LogP contribution in [0, 0.1) is 0 Å². The Labute approximate surface area is 177 Å². The molecule has 1 aliphatic rings. The van der Waals surface area contributed by atoms with Gasteiger partial charge in [-0.2, -0.15) is 5.10 Å². The minimum absolute atomic E-state index is 0.230. The number of para-hydroxylation sites is 1. The van der Waals surface area contributed by atoms with E-state index in [-0.39, 0.29) is 5.91 Å². The topological polar surface area (TPSA) is 55.1 Å². The summed E-state index contributed by atoms with van der Waals surface area (Å²) in [6, 6.07) is 24.0. The molecule has 1 heterocycles. The Kier molecular flexibility index (Phi) is 6.20. The van der Waals surface area contributed by atoms with Gasteiger partial charge in [0.1, 0.15) is 18.8 Å². The third kappa shape index (κ3) is 4.75.